The number of amides is 1. The number of nitrogens with zero attached hydrogens (tertiary/aromatic N) is 1. The van der Waals surface area contributed by atoms with E-state index in [2.05, 4.69) is 0 Å². The molecule has 0 N–H and O–H groups in total. The van der Waals surface area contributed by atoms with Gasteiger partial charge in [0.15, 0.2) is 0 Å². The van der Waals surface area contributed by atoms with Gasteiger partial charge >= 0.3 is 0 Å². The van der Waals surface area contributed by atoms with E-state index in [0.29, 0.717) is 0 Å². The molecule has 1 heterocycles. The number of hydrogen-bond acceptors (Lipinski definition) is 4. The number of carbonyl (C=O) groups is 2. The van der Waals surface area contributed by atoms with Crippen molar-refractivity contribution in [1.29, 1.82) is 0 Å². The zero-order valence-electron chi connectivity index (χ0n) is 14.0. The number of rotatable bonds is 4. The average Bonchev–Trinajstić information content (AvgIpc) is 2.94. The molecule has 0 bridgehead atoms. The highest BCUT2D eigenvalue weighted by molar-refractivity contribution is 7.89. The molecule has 1 aliphatic rings. The minimum atomic E-state index is -3.98. The molecule has 0 radical (unpaired) electrons. The van der Waals surface area contributed by atoms with Gasteiger partial charge in [0.25, 0.3) is 10.0 Å². The van der Waals surface area contributed by atoms with E-state index in [-0.39, 0.29) is 17.2 Å². The van der Waals surface area contributed by atoms with Crippen LogP contribution in [0.4, 0.5) is 0 Å². The standard InChI is InChI=1S/C19H19NO4S/c1-13-8-10-16(11-9-13)25(23,24)20-12-17(15-6-4-3-5-7-15)18(14(2)21)19(20)22/h3-11,17-18H,12H2,1-2H3. The Bertz CT molecular complexity index is 904. The molecule has 25 heavy (non-hydrogen) atoms. The summed E-state index contributed by atoms with van der Waals surface area (Å²) in [7, 11) is -3.98. The Balaban J connectivity index is 2.02. The van der Waals surface area contributed by atoms with Gasteiger partial charge in [-0.15, -0.1) is 0 Å². The van der Waals surface area contributed by atoms with Crippen LogP contribution in [0.15, 0.2) is 59.5 Å². The van der Waals surface area contributed by atoms with Crippen LogP contribution in [0.25, 0.3) is 0 Å². The van der Waals surface area contributed by atoms with Crippen molar-refractivity contribution in [2.45, 2.75) is 24.7 Å². The largest absolute Gasteiger partial charge is 0.299 e. The summed E-state index contributed by atoms with van der Waals surface area (Å²) in [6.07, 6.45) is 0. The van der Waals surface area contributed by atoms with Crippen molar-refractivity contribution in [2.24, 2.45) is 5.92 Å². The van der Waals surface area contributed by atoms with E-state index in [0.717, 1.165) is 15.4 Å². The van der Waals surface area contributed by atoms with Gasteiger partial charge in [-0.2, -0.15) is 0 Å². The van der Waals surface area contributed by atoms with Gasteiger partial charge in [0.1, 0.15) is 11.7 Å². The molecule has 2 aromatic rings. The summed E-state index contributed by atoms with van der Waals surface area (Å²) in [6.45, 7) is 3.17. The van der Waals surface area contributed by atoms with Gasteiger partial charge in [0.2, 0.25) is 5.91 Å². The summed E-state index contributed by atoms with van der Waals surface area (Å²) in [4.78, 5) is 24.9. The Kier molecular flexibility index (Phi) is 4.47. The van der Waals surface area contributed by atoms with Crippen molar-refractivity contribution in [2.75, 3.05) is 6.54 Å². The van der Waals surface area contributed by atoms with E-state index in [1.807, 2.05) is 37.3 Å². The van der Waals surface area contributed by atoms with E-state index >= 15 is 0 Å². The van der Waals surface area contributed by atoms with Gasteiger partial charge < -0.3 is 0 Å². The van der Waals surface area contributed by atoms with Crippen LogP contribution in [0.2, 0.25) is 0 Å². The van der Waals surface area contributed by atoms with Crippen LogP contribution < -0.4 is 0 Å². The normalized spacial score (nSPS) is 20.7. The molecular weight excluding hydrogens is 338 g/mol. The molecule has 0 saturated carbocycles. The highest BCUT2D eigenvalue weighted by Gasteiger charge is 2.48. The van der Waals surface area contributed by atoms with Crippen molar-refractivity contribution in [3.63, 3.8) is 0 Å². The van der Waals surface area contributed by atoms with E-state index in [1.165, 1.54) is 19.1 Å². The zero-order valence-corrected chi connectivity index (χ0v) is 14.9. The van der Waals surface area contributed by atoms with Crippen LogP contribution in [0.3, 0.4) is 0 Å². The monoisotopic (exact) mass is 357 g/mol. The molecule has 2 unspecified atom stereocenters. The van der Waals surface area contributed by atoms with Crippen LogP contribution >= 0.6 is 0 Å². The zero-order chi connectivity index (χ0) is 18.2. The molecule has 0 spiro atoms. The van der Waals surface area contributed by atoms with Gasteiger partial charge in [-0.25, -0.2) is 12.7 Å². The van der Waals surface area contributed by atoms with Crippen LogP contribution in [-0.4, -0.2) is 31.0 Å². The summed E-state index contributed by atoms with van der Waals surface area (Å²) in [5.41, 5.74) is 1.72. The number of aryl methyl sites for hydroxylation is 1. The molecule has 1 aliphatic heterocycles. The van der Waals surface area contributed by atoms with Gasteiger partial charge in [-0.05, 0) is 31.5 Å². The summed E-state index contributed by atoms with van der Waals surface area (Å²) in [6, 6.07) is 15.4. The van der Waals surface area contributed by atoms with Crippen molar-refractivity contribution >= 4 is 21.7 Å². The Morgan fingerprint density at radius 3 is 2.20 bits per heavy atom. The minimum absolute atomic E-state index is 0.0245. The highest BCUT2D eigenvalue weighted by Crippen LogP contribution is 2.37. The topological polar surface area (TPSA) is 71.5 Å². The molecule has 6 heteroatoms. The Labute approximate surface area is 147 Å². The van der Waals surface area contributed by atoms with Crippen LogP contribution in [0.1, 0.15) is 24.0 Å². The number of carbonyl (C=O) groups excluding carboxylic acids is 2. The third-order valence-corrected chi connectivity index (χ3v) is 6.33. The van der Waals surface area contributed by atoms with E-state index in [1.54, 1.807) is 12.1 Å². The molecule has 2 aromatic carbocycles. The van der Waals surface area contributed by atoms with Crippen molar-refractivity contribution in [3.8, 4) is 0 Å². The summed E-state index contributed by atoms with van der Waals surface area (Å²) in [5.74, 6) is -2.41. The maximum Gasteiger partial charge on any atom is 0.266 e. The molecular formula is C19H19NO4S. The van der Waals surface area contributed by atoms with Crippen LogP contribution in [0.5, 0.6) is 0 Å². The van der Waals surface area contributed by atoms with Crippen molar-refractivity contribution in [3.05, 3.63) is 65.7 Å². The Morgan fingerprint density at radius 2 is 1.64 bits per heavy atom. The van der Waals surface area contributed by atoms with E-state index in [4.69, 9.17) is 0 Å². The smallest absolute Gasteiger partial charge is 0.266 e. The second-order valence-electron chi connectivity index (χ2n) is 6.29. The molecule has 1 fully saturated rings. The fourth-order valence-corrected chi connectivity index (χ4v) is 4.65. The Hall–Kier alpha value is -2.47. The van der Waals surface area contributed by atoms with Crippen LogP contribution in [-0.2, 0) is 19.6 Å². The lowest BCUT2D eigenvalue weighted by Crippen LogP contribution is -2.35. The number of ketones is 1. The first-order valence-electron chi connectivity index (χ1n) is 8.01. The van der Waals surface area contributed by atoms with Crippen molar-refractivity contribution < 1.29 is 18.0 Å². The van der Waals surface area contributed by atoms with Gasteiger partial charge in [-0.3, -0.25) is 9.59 Å². The maximum atomic E-state index is 12.9. The van der Waals surface area contributed by atoms with Crippen LogP contribution in [0, 0.1) is 12.8 Å². The summed E-state index contributed by atoms with van der Waals surface area (Å²) < 4.78 is 26.6. The third-order valence-electron chi connectivity index (χ3n) is 4.55. The average molecular weight is 357 g/mol. The van der Waals surface area contributed by atoms with E-state index < -0.39 is 27.8 Å². The first kappa shape index (κ1) is 17.4. The second-order valence-corrected chi connectivity index (χ2v) is 8.16. The summed E-state index contributed by atoms with van der Waals surface area (Å²) in [5, 5.41) is 0. The lowest BCUT2D eigenvalue weighted by atomic mass is 9.86. The second kappa shape index (κ2) is 6.44. The first-order valence-corrected chi connectivity index (χ1v) is 9.45. The molecule has 2 atom stereocenters. The van der Waals surface area contributed by atoms with Crippen molar-refractivity contribution in [1.82, 2.24) is 4.31 Å². The molecule has 0 aliphatic carbocycles. The lowest BCUT2D eigenvalue weighted by Gasteiger charge is -2.17. The van der Waals surface area contributed by atoms with E-state index in [9.17, 15) is 18.0 Å². The van der Waals surface area contributed by atoms with Gasteiger partial charge in [-0.1, -0.05) is 48.0 Å². The SMILES string of the molecule is CC(=O)C1C(=O)N(S(=O)(=O)c2ccc(C)cc2)CC1c1ccccc1. The molecule has 1 saturated heterocycles. The Morgan fingerprint density at radius 1 is 1.04 bits per heavy atom. The minimum Gasteiger partial charge on any atom is -0.299 e. The summed E-state index contributed by atoms with van der Waals surface area (Å²) >= 11 is 0. The predicted octanol–water partition coefficient (Wildman–Crippen LogP) is 2.51. The maximum absolute atomic E-state index is 12.9. The molecule has 5 nitrogen and oxygen atoms in total. The number of sulfonamides is 1. The fraction of sp³-hybridized carbons (Fsp3) is 0.263. The molecule has 1 amide bonds. The van der Waals surface area contributed by atoms with Gasteiger partial charge in [0, 0.05) is 12.5 Å². The number of Topliss-reactive ketones (excluding diaryl/α,β-unsaturated/α-hetero) is 1. The molecule has 130 valence electrons. The number of hydrogen-bond donors (Lipinski definition) is 0. The lowest BCUT2D eigenvalue weighted by molar-refractivity contribution is -0.133. The highest BCUT2D eigenvalue weighted by atomic mass is 32.2. The fourth-order valence-electron chi connectivity index (χ4n) is 3.21. The van der Waals surface area contributed by atoms with Gasteiger partial charge in [0.05, 0.1) is 4.90 Å². The molecule has 3 rings (SSSR count). The molecule has 0 aromatic heterocycles. The quantitative estimate of drug-likeness (QED) is 0.788. The first-order chi connectivity index (χ1) is 11.8. The number of benzene rings is 2. The predicted molar refractivity (Wildman–Crippen MR) is 93.4 cm³/mol. The third kappa shape index (κ3) is 3.09.